The minimum absolute atomic E-state index is 0.0138. The summed E-state index contributed by atoms with van der Waals surface area (Å²) in [5.74, 6) is -0.832. The molecule has 2 amide bonds. The number of hydrogen-bond acceptors (Lipinski definition) is 6. The molecule has 2 saturated heterocycles. The van der Waals surface area contributed by atoms with E-state index in [-0.39, 0.29) is 23.7 Å². The number of imide groups is 1. The van der Waals surface area contributed by atoms with E-state index in [1.54, 1.807) is 0 Å². The molecule has 3 atom stereocenters. The lowest BCUT2D eigenvalue weighted by Crippen LogP contribution is -2.55. The molecule has 2 aliphatic heterocycles. The molecule has 2 heterocycles. The minimum atomic E-state index is -0.784. The van der Waals surface area contributed by atoms with Crippen molar-refractivity contribution in [2.75, 3.05) is 26.2 Å². The maximum Gasteiger partial charge on any atom is 0.246 e. The third-order valence-corrected chi connectivity index (χ3v) is 4.92. The molecule has 1 unspecified atom stereocenters. The second kappa shape index (κ2) is 10.2. The molecular weight excluding hydrogens is 336 g/mol. The average Bonchev–Trinajstić information content (AvgIpc) is 3.18. The van der Waals surface area contributed by atoms with Crippen LogP contribution in [0.2, 0.25) is 0 Å². The summed E-state index contributed by atoms with van der Waals surface area (Å²) >= 11 is 0. The summed E-state index contributed by atoms with van der Waals surface area (Å²) in [5.41, 5.74) is 10.6. The van der Waals surface area contributed by atoms with Gasteiger partial charge in [0.15, 0.2) is 5.96 Å². The number of piperidine rings is 1. The zero-order chi connectivity index (χ0) is 18.9. The van der Waals surface area contributed by atoms with Crippen LogP contribution in [0.25, 0.3) is 0 Å². The Hall–Kier alpha value is -2.00. The quantitative estimate of drug-likeness (QED) is 0.138. The number of amides is 2. The fraction of sp³-hybridized carbons (Fsp3) is 0.765. The molecule has 0 spiro atoms. The molecule has 2 fully saturated rings. The van der Waals surface area contributed by atoms with E-state index in [0.717, 1.165) is 32.4 Å². The summed E-state index contributed by atoms with van der Waals surface area (Å²) in [7, 11) is 0. The summed E-state index contributed by atoms with van der Waals surface area (Å²) in [4.78, 5) is 42.8. The van der Waals surface area contributed by atoms with E-state index in [1.165, 1.54) is 4.90 Å². The Morgan fingerprint density at radius 2 is 1.96 bits per heavy atom. The molecule has 0 aromatic carbocycles. The Morgan fingerprint density at radius 1 is 1.19 bits per heavy atom. The van der Waals surface area contributed by atoms with Crippen LogP contribution >= 0.6 is 0 Å². The number of nitrogens with one attached hydrogen (secondary N) is 2. The van der Waals surface area contributed by atoms with Crippen molar-refractivity contribution in [1.29, 1.82) is 0 Å². The number of guanidine groups is 1. The maximum atomic E-state index is 13.0. The van der Waals surface area contributed by atoms with Crippen molar-refractivity contribution >= 4 is 24.1 Å². The van der Waals surface area contributed by atoms with Gasteiger partial charge in [-0.05, 0) is 51.6 Å². The summed E-state index contributed by atoms with van der Waals surface area (Å²) < 4.78 is 0. The topological polar surface area (TPSA) is 143 Å². The molecule has 9 nitrogen and oxygen atoms in total. The van der Waals surface area contributed by atoms with Gasteiger partial charge in [0.1, 0.15) is 6.29 Å². The normalized spacial score (nSPS) is 23.8. The predicted octanol–water partition coefficient (Wildman–Crippen LogP) is -1.29. The highest BCUT2D eigenvalue weighted by Crippen LogP contribution is 2.20. The smallest absolute Gasteiger partial charge is 0.246 e. The Bertz CT molecular complexity index is 523. The number of nitrogens with two attached hydrogens (primary N) is 2. The van der Waals surface area contributed by atoms with Crippen molar-refractivity contribution in [3.8, 4) is 0 Å². The fourth-order valence-electron chi connectivity index (χ4n) is 3.52. The van der Waals surface area contributed by atoms with E-state index in [9.17, 15) is 14.4 Å². The van der Waals surface area contributed by atoms with Gasteiger partial charge in [0.2, 0.25) is 11.8 Å². The SMILES string of the molecule is NC(N)=NCCC[C@@H](C=O)N(C(=O)C1CCCNC1)C(=O)[C@@H]1CCCN1. The third kappa shape index (κ3) is 5.50. The van der Waals surface area contributed by atoms with E-state index < -0.39 is 12.1 Å². The van der Waals surface area contributed by atoms with Crippen molar-refractivity contribution in [3.63, 3.8) is 0 Å². The molecular formula is C17H30N6O3. The molecule has 0 bridgehead atoms. The number of aliphatic imine (C=N–C) groups is 1. The van der Waals surface area contributed by atoms with E-state index >= 15 is 0 Å². The fourth-order valence-corrected chi connectivity index (χ4v) is 3.52. The van der Waals surface area contributed by atoms with Crippen LogP contribution in [0.4, 0.5) is 0 Å². The Labute approximate surface area is 153 Å². The number of nitrogens with zero attached hydrogens (tertiary/aromatic N) is 2. The average molecular weight is 366 g/mol. The second-order valence-corrected chi connectivity index (χ2v) is 6.89. The van der Waals surface area contributed by atoms with E-state index in [0.29, 0.717) is 38.6 Å². The van der Waals surface area contributed by atoms with Gasteiger partial charge in [0.05, 0.1) is 18.0 Å². The molecule has 6 N–H and O–H groups in total. The van der Waals surface area contributed by atoms with Crippen LogP contribution < -0.4 is 22.1 Å². The third-order valence-electron chi connectivity index (χ3n) is 4.92. The van der Waals surface area contributed by atoms with Gasteiger partial charge in [-0.1, -0.05) is 0 Å². The summed E-state index contributed by atoms with van der Waals surface area (Å²) in [6.45, 7) is 2.52. The van der Waals surface area contributed by atoms with Crippen LogP contribution in [0.5, 0.6) is 0 Å². The van der Waals surface area contributed by atoms with Crippen molar-refractivity contribution < 1.29 is 14.4 Å². The van der Waals surface area contributed by atoms with Crippen molar-refractivity contribution in [2.24, 2.45) is 22.4 Å². The highest BCUT2D eigenvalue weighted by molar-refractivity contribution is 6.01. The van der Waals surface area contributed by atoms with Gasteiger partial charge < -0.3 is 26.9 Å². The standard InChI is InChI=1S/C17H30N6O3/c18-17(19)22-9-2-5-13(11-24)23(16(26)14-6-3-8-21-14)15(25)12-4-1-7-20-10-12/h11-14,20-21H,1-10H2,(H4,18,19,22)/t12?,13-,14-/m0/s1. The van der Waals surface area contributed by atoms with Crippen molar-refractivity contribution in [2.45, 2.75) is 50.6 Å². The lowest BCUT2D eigenvalue weighted by molar-refractivity contribution is -0.153. The van der Waals surface area contributed by atoms with Gasteiger partial charge in [0, 0.05) is 13.1 Å². The first-order chi connectivity index (χ1) is 12.5. The first-order valence-corrected chi connectivity index (χ1v) is 9.36. The maximum absolute atomic E-state index is 13.0. The van der Waals surface area contributed by atoms with Crippen molar-refractivity contribution in [1.82, 2.24) is 15.5 Å². The number of rotatable bonds is 8. The Kier molecular flexibility index (Phi) is 7.99. The Morgan fingerprint density at radius 3 is 2.54 bits per heavy atom. The largest absolute Gasteiger partial charge is 0.370 e. The van der Waals surface area contributed by atoms with Gasteiger partial charge in [-0.25, -0.2) is 0 Å². The van der Waals surface area contributed by atoms with Gasteiger partial charge in [0.25, 0.3) is 0 Å². The number of carbonyl (C=O) groups is 3. The van der Waals surface area contributed by atoms with Gasteiger partial charge >= 0.3 is 0 Å². The molecule has 0 aliphatic carbocycles. The minimum Gasteiger partial charge on any atom is -0.370 e. The molecule has 2 rings (SSSR count). The highest BCUT2D eigenvalue weighted by atomic mass is 16.2. The predicted molar refractivity (Wildman–Crippen MR) is 98.2 cm³/mol. The molecule has 0 radical (unpaired) electrons. The number of hydrogen-bond donors (Lipinski definition) is 4. The number of aldehydes is 1. The van der Waals surface area contributed by atoms with Crippen LogP contribution in [0.3, 0.4) is 0 Å². The highest BCUT2D eigenvalue weighted by Gasteiger charge is 2.38. The Balaban J connectivity index is 2.11. The summed E-state index contributed by atoms with van der Waals surface area (Å²) in [6, 6.07) is -1.18. The van der Waals surface area contributed by atoms with Gasteiger partial charge in [-0.3, -0.25) is 19.5 Å². The molecule has 146 valence electrons. The van der Waals surface area contributed by atoms with Crippen LogP contribution in [-0.4, -0.2) is 67.2 Å². The molecule has 0 aromatic heterocycles. The lowest BCUT2D eigenvalue weighted by atomic mass is 9.96. The zero-order valence-electron chi connectivity index (χ0n) is 15.2. The number of carbonyl (C=O) groups excluding carboxylic acids is 3. The second-order valence-electron chi connectivity index (χ2n) is 6.89. The van der Waals surface area contributed by atoms with Crippen LogP contribution in [0.15, 0.2) is 4.99 Å². The molecule has 0 aromatic rings. The monoisotopic (exact) mass is 366 g/mol. The van der Waals surface area contributed by atoms with Gasteiger partial charge in [-0.2, -0.15) is 0 Å². The molecule has 2 aliphatic rings. The van der Waals surface area contributed by atoms with E-state index in [2.05, 4.69) is 15.6 Å². The van der Waals surface area contributed by atoms with Crippen LogP contribution in [0.1, 0.15) is 38.5 Å². The molecule has 9 heteroatoms. The molecule has 26 heavy (non-hydrogen) atoms. The summed E-state index contributed by atoms with van der Waals surface area (Å²) in [5, 5.41) is 6.32. The lowest BCUT2D eigenvalue weighted by Gasteiger charge is -2.33. The van der Waals surface area contributed by atoms with Crippen LogP contribution in [0, 0.1) is 5.92 Å². The van der Waals surface area contributed by atoms with Gasteiger partial charge in [-0.15, -0.1) is 0 Å². The molecule has 0 saturated carbocycles. The zero-order valence-corrected chi connectivity index (χ0v) is 15.2. The van der Waals surface area contributed by atoms with Crippen LogP contribution in [-0.2, 0) is 14.4 Å². The van der Waals surface area contributed by atoms with E-state index in [4.69, 9.17) is 11.5 Å². The van der Waals surface area contributed by atoms with Crippen molar-refractivity contribution in [3.05, 3.63) is 0 Å². The van der Waals surface area contributed by atoms with E-state index in [1.807, 2.05) is 0 Å². The summed E-state index contributed by atoms with van der Waals surface area (Å²) in [6.07, 6.45) is 4.74. The first-order valence-electron chi connectivity index (χ1n) is 9.36. The first kappa shape index (κ1) is 20.3.